The van der Waals surface area contributed by atoms with Crippen LogP contribution in [-0.2, 0) is 11.0 Å². The molecule has 8 heteroatoms. The molecule has 1 aromatic heterocycles. The number of likely N-dealkylation sites (tertiary alicyclic amines) is 1. The fraction of sp³-hybridized carbons (Fsp3) is 0.750. The minimum absolute atomic E-state index is 0.0153. The molecule has 2 rings (SSSR count). The lowest BCUT2D eigenvalue weighted by Crippen LogP contribution is -2.37. The van der Waals surface area contributed by atoms with Crippen LogP contribution in [0, 0.1) is 5.41 Å². The van der Waals surface area contributed by atoms with E-state index in [0.717, 1.165) is 0 Å². The van der Waals surface area contributed by atoms with E-state index in [2.05, 4.69) is 14.7 Å². The first-order valence-corrected chi connectivity index (χ1v) is 6.29. The summed E-state index contributed by atoms with van der Waals surface area (Å²) in [4.78, 5) is 17.1. The van der Waals surface area contributed by atoms with Gasteiger partial charge in [0.2, 0.25) is 5.91 Å². The zero-order chi connectivity index (χ0) is 15.1. The molecule has 0 saturated carbocycles. The Morgan fingerprint density at radius 2 is 2.00 bits per heavy atom. The van der Waals surface area contributed by atoms with Crippen LogP contribution in [0.5, 0.6) is 0 Å². The highest BCUT2D eigenvalue weighted by atomic mass is 19.4. The van der Waals surface area contributed by atoms with Gasteiger partial charge < -0.3 is 9.42 Å². The average molecular weight is 291 g/mol. The Bertz CT molecular complexity index is 505. The molecule has 0 aliphatic carbocycles. The van der Waals surface area contributed by atoms with Gasteiger partial charge in [0.05, 0.1) is 0 Å². The Labute approximate surface area is 114 Å². The predicted molar refractivity (Wildman–Crippen MR) is 62.7 cm³/mol. The highest BCUT2D eigenvalue weighted by Crippen LogP contribution is 2.32. The van der Waals surface area contributed by atoms with Gasteiger partial charge in [-0.2, -0.15) is 18.2 Å². The number of rotatable bonds is 1. The van der Waals surface area contributed by atoms with Gasteiger partial charge in [0.15, 0.2) is 5.82 Å². The predicted octanol–water partition coefficient (Wildman–Crippen LogP) is 2.45. The number of alkyl halides is 3. The first-order chi connectivity index (χ1) is 9.09. The van der Waals surface area contributed by atoms with Gasteiger partial charge in [-0.25, -0.2) is 0 Å². The zero-order valence-corrected chi connectivity index (χ0v) is 11.5. The number of nitrogens with zero attached hydrogens (tertiary/aromatic N) is 3. The minimum Gasteiger partial charge on any atom is -0.341 e. The Morgan fingerprint density at radius 3 is 2.50 bits per heavy atom. The van der Waals surface area contributed by atoms with Crippen LogP contribution in [0.1, 0.15) is 44.8 Å². The standard InChI is InChI=1S/C12H16F3N3O2/c1-11(2,3)10(19)18-5-4-7(6-18)8-16-9(20-17-8)12(13,14)15/h7H,4-6H2,1-3H3/t7-/m1/s1. The molecular weight excluding hydrogens is 275 g/mol. The van der Waals surface area contributed by atoms with Crippen LogP contribution < -0.4 is 0 Å². The molecule has 2 heterocycles. The number of amides is 1. The van der Waals surface area contributed by atoms with Gasteiger partial charge in [-0.15, -0.1) is 0 Å². The van der Waals surface area contributed by atoms with Gasteiger partial charge in [0.1, 0.15) is 0 Å². The number of carbonyl (C=O) groups excluding carboxylic acids is 1. The Morgan fingerprint density at radius 1 is 1.35 bits per heavy atom. The molecule has 0 spiro atoms. The van der Waals surface area contributed by atoms with E-state index in [1.54, 1.807) is 25.7 Å². The van der Waals surface area contributed by atoms with E-state index in [9.17, 15) is 18.0 Å². The number of halogens is 3. The molecule has 112 valence electrons. The van der Waals surface area contributed by atoms with Crippen LogP contribution in [0.25, 0.3) is 0 Å². The van der Waals surface area contributed by atoms with Crippen molar-refractivity contribution in [3.63, 3.8) is 0 Å². The first kappa shape index (κ1) is 14.8. The third kappa shape index (κ3) is 2.94. The van der Waals surface area contributed by atoms with E-state index >= 15 is 0 Å². The number of hydrogen-bond acceptors (Lipinski definition) is 4. The van der Waals surface area contributed by atoms with E-state index in [-0.39, 0.29) is 17.6 Å². The third-order valence-electron chi connectivity index (χ3n) is 3.17. The van der Waals surface area contributed by atoms with Crippen molar-refractivity contribution in [1.29, 1.82) is 0 Å². The van der Waals surface area contributed by atoms with Crippen LogP contribution >= 0.6 is 0 Å². The molecule has 1 fully saturated rings. The van der Waals surface area contributed by atoms with Crippen molar-refractivity contribution in [3.8, 4) is 0 Å². The molecule has 0 aromatic carbocycles. The monoisotopic (exact) mass is 291 g/mol. The third-order valence-corrected chi connectivity index (χ3v) is 3.17. The maximum absolute atomic E-state index is 12.4. The van der Waals surface area contributed by atoms with Gasteiger partial charge in [0, 0.05) is 24.4 Å². The SMILES string of the molecule is CC(C)(C)C(=O)N1CC[C@@H](c2noc(C(F)(F)F)n2)C1. The second kappa shape index (κ2) is 4.75. The second-order valence-corrected chi connectivity index (χ2v) is 5.94. The lowest BCUT2D eigenvalue weighted by atomic mass is 9.95. The second-order valence-electron chi connectivity index (χ2n) is 5.94. The van der Waals surface area contributed by atoms with Crippen molar-refractivity contribution in [3.05, 3.63) is 11.7 Å². The van der Waals surface area contributed by atoms with Crippen molar-refractivity contribution in [1.82, 2.24) is 15.0 Å². The van der Waals surface area contributed by atoms with Crippen molar-refractivity contribution in [2.45, 2.75) is 39.3 Å². The smallest absolute Gasteiger partial charge is 0.341 e. The summed E-state index contributed by atoms with van der Waals surface area (Å²) in [5.74, 6) is -1.66. The van der Waals surface area contributed by atoms with E-state index < -0.39 is 17.5 Å². The maximum atomic E-state index is 12.4. The molecule has 0 bridgehead atoms. The maximum Gasteiger partial charge on any atom is 0.471 e. The van der Waals surface area contributed by atoms with Gasteiger partial charge in [-0.3, -0.25) is 4.79 Å². The number of aromatic nitrogens is 2. The summed E-state index contributed by atoms with van der Waals surface area (Å²) in [5.41, 5.74) is -0.511. The van der Waals surface area contributed by atoms with E-state index in [1.807, 2.05) is 0 Å². The summed E-state index contributed by atoms with van der Waals surface area (Å²) < 4.78 is 41.4. The molecule has 1 amide bonds. The van der Waals surface area contributed by atoms with Gasteiger partial charge in [0.25, 0.3) is 0 Å². The van der Waals surface area contributed by atoms with Crippen LogP contribution in [-0.4, -0.2) is 34.0 Å². The van der Waals surface area contributed by atoms with Crippen LogP contribution in [0.3, 0.4) is 0 Å². The van der Waals surface area contributed by atoms with Crippen LogP contribution in [0.15, 0.2) is 4.52 Å². The van der Waals surface area contributed by atoms with Crippen LogP contribution in [0.4, 0.5) is 13.2 Å². The Kier molecular flexibility index (Phi) is 3.51. The largest absolute Gasteiger partial charge is 0.471 e. The first-order valence-electron chi connectivity index (χ1n) is 6.29. The molecule has 5 nitrogen and oxygen atoms in total. The van der Waals surface area contributed by atoms with Crippen molar-refractivity contribution >= 4 is 5.91 Å². The Hall–Kier alpha value is -1.60. The van der Waals surface area contributed by atoms with Crippen molar-refractivity contribution in [2.75, 3.05) is 13.1 Å². The number of hydrogen-bond donors (Lipinski definition) is 0. The molecule has 1 atom stereocenters. The normalized spacial score (nSPS) is 20.5. The average Bonchev–Trinajstić information content (AvgIpc) is 2.94. The zero-order valence-electron chi connectivity index (χ0n) is 11.5. The van der Waals surface area contributed by atoms with E-state index in [1.165, 1.54) is 0 Å². The summed E-state index contributed by atoms with van der Waals surface area (Å²) in [6, 6.07) is 0. The Balaban J connectivity index is 2.07. The minimum atomic E-state index is -4.63. The van der Waals surface area contributed by atoms with Gasteiger partial charge in [-0.1, -0.05) is 25.9 Å². The molecule has 1 aliphatic heterocycles. The lowest BCUT2D eigenvalue weighted by Gasteiger charge is -2.25. The van der Waals surface area contributed by atoms with E-state index in [4.69, 9.17) is 0 Å². The van der Waals surface area contributed by atoms with E-state index in [0.29, 0.717) is 19.5 Å². The topological polar surface area (TPSA) is 59.2 Å². The molecule has 0 N–H and O–H groups in total. The quantitative estimate of drug-likeness (QED) is 0.797. The summed E-state index contributed by atoms with van der Waals surface area (Å²) in [5, 5.41) is 3.38. The van der Waals surface area contributed by atoms with Gasteiger partial charge >= 0.3 is 12.1 Å². The summed E-state index contributed by atoms with van der Waals surface area (Å²) in [6.07, 6.45) is -4.09. The molecule has 0 radical (unpaired) electrons. The summed E-state index contributed by atoms with van der Waals surface area (Å²) in [7, 11) is 0. The molecule has 20 heavy (non-hydrogen) atoms. The lowest BCUT2D eigenvalue weighted by molar-refractivity contribution is -0.159. The summed E-state index contributed by atoms with van der Waals surface area (Å²) in [6.45, 7) is 6.24. The van der Waals surface area contributed by atoms with Crippen molar-refractivity contribution < 1.29 is 22.5 Å². The summed E-state index contributed by atoms with van der Waals surface area (Å²) >= 11 is 0. The molecular formula is C12H16F3N3O2. The molecule has 1 aliphatic rings. The van der Waals surface area contributed by atoms with Crippen molar-refractivity contribution in [2.24, 2.45) is 5.41 Å². The molecule has 0 unspecified atom stereocenters. The molecule has 1 aromatic rings. The highest BCUT2D eigenvalue weighted by molar-refractivity contribution is 5.81. The fourth-order valence-electron chi connectivity index (χ4n) is 2.15. The van der Waals surface area contributed by atoms with Gasteiger partial charge in [-0.05, 0) is 6.42 Å². The number of carbonyl (C=O) groups is 1. The molecule has 1 saturated heterocycles. The van der Waals surface area contributed by atoms with Crippen LogP contribution in [0.2, 0.25) is 0 Å². The highest BCUT2D eigenvalue weighted by Gasteiger charge is 2.40. The fourth-order valence-corrected chi connectivity index (χ4v) is 2.15.